The molecule has 1 aliphatic carbocycles. The third-order valence-corrected chi connectivity index (χ3v) is 5.61. The molecule has 2 unspecified atom stereocenters. The number of nitrogens with zero attached hydrogens (tertiary/aromatic N) is 1. The number of aryl methyl sites for hydroxylation is 1. The third kappa shape index (κ3) is 4.40. The highest BCUT2D eigenvalue weighted by atomic mass is 79.9. The summed E-state index contributed by atoms with van der Waals surface area (Å²) in [6.07, 6.45) is 5.25. The van der Waals surface area contributed by atoms with Gasteiger partial charge in [0.1, 0.15) is 12.1 Å². The molecule has 0 bridgehead atoms. The number of likely N-dealkylation sites (N-methyl/N-ethyl adjacent to an activating group) is 1. The zero-order chi connectivity index (χ0) is 17.0. The van der Waals surface area contributed by atoms with Gasteiger partial charge in [0, 0.05) is 23.9 Å². The molecule has 1 aromatic carbocycles. The second-order valence-corrected chi connectivity index (χ2v) is 7.28. The normalized spacial score (nSPS) is 21.0. The van der Waals surface area contributed by atoms with Crippen molar-refractivity contribution in [3.05, 3.63) is 28.0 Å². The maximum absolute atomic E-state index is 14.1. The maximum atomic E-state index is 14.1. The third-order valence-electron chi connectivity index (χ3n) is 4.75. The molecule has 126 valence electrons. The lowest BCUT2D eigenvalue weighted by Crippen LogP contribution is -2.35. The Hall–Kier alpha value is -1.23. The molecule has 0 amide bonds. The predicted octanol–water partition coefficient (Wildman–Crippen LogP) is 4.30. The Morgan fingerprint density at radius 2 is 2.09 bits per heavy atom. The van der Waals surface area contributed by atoms with Gasteiger partial charge in [-0.15, -0.1) is 0 Å². The van der Waals surface area contributed by atoms with Crippen LogP contribution in [0.3, 0.4) is 0 Å². The first-order chi connectivity index (χ1) is 10.9. The Morgan fingerprint density at radius 1 is 1.39 bits per heavy atom. The van der Waals surface area contributed by atoms with Crippen LogP contribution >= 0.6 is 15.9 Å². The monoisotopic (exact) mass is 383 g/mol. The quantitative estimate of drug-likeness (QED) is 0.687. The number of halogens is 2. The topological polar surface area (TPSA) is 37.4 Å². The van der Waals surface area contributed by atoms with Gasteiger partial charge < -0.3 is 9.69 Å². The summed E-state index contributed by atoms with van der Waals surface area (Å²) < 4.78 is 14.9. The summed E-state index contributed by atoms with van der Waals surface area (Å²) in [7, 11) is 1.74. The number of carbonyl (C=O) groups excluding carboxylic acids is 2. The highest BCUT2D eigenvalue weighted by molar-refractivity contribution is 9.10. The van der Waals surface area contributed by atoms with Crippen LogP contribution in [0.25, 0.3) is 0 Å². The van der Waals surface area contributed by atoms with E-state index in [1.807, 2.05) is 6.92 Å². The van der Waals surface area contributed by atoms with Crippen LogP contribution in [-0.2, 0) is 9.59 Å². The van der Waals surface area contributed by atoms with Crippen molar-refractivity contribution in [1.82, 2.24) is 0 Å². The number of Topliss-reactive ketones (excluding diaryl/α,β-unsaturated/α-hetero) is 1. The number of hydrogen-bond acceptors (Lipinski definition) is 3. The van der Waals surface area contributed by atoms with E-state index in [9.17, 15) is 14.0 Å². The molecule has 1 saturated carbocycles. The molecule has 1 fully saturated rings. The molecular formula is C18H23BrFNO2. The fourth-order valence-corrected chi connectivity index (χ4v) is 3.72. The minimum absolute atomic E-state index is 0.0731. The SMILES string of the molecule is Cc1cc(N(C)CC(=O)C2CCCCC2CC=O)c(F)cc1Br. The summed E-state index contributed by atoms with van der Waals surface area (Å²) in [6, 6.07) is 3.18. The van der Waals surface area contributed by atoms with Gasteiger partial charge in [0.2, 0.25) is 0 Å². The van der Waals surface area contributed by atoms with Gasteiger partial charge in [-0.2, -0.15) is 0 Å². The van der Waals surface area contributed by atoms with E-state index in [0.717, 1.165) is 42.0 Å². The molecular weight excluding hydrogens is 361 g/mol. The highest BCUT2D eigenvalue weighted by Crippen LogP contribution is 2.33. The fraction of sp³-hybridized carbons (Fsp3) is 0.556. The number of rotatable bonds is 6. The molecule has 3 nitrogen and oxygen atoms in total. The van der Waals surface area contributed by atoms with Crippen LogP contribution in [0, 0.1) is 24.6 Å². The van der Waals surface area contributed by atoms with Gasteiger partial charge in [0.15, 0.2) is 5.78 Å². The van der Waals surface area contributed by atoms with Crippen molar-refractivity contribution < 1.29 is 14.0 Å². The number of anilines is 1. The number of benzene rings is 1. The van der Waals surface area contributed by atoms with E-state index in [4.69, 9.17) is 0 Å². The van der Waals surface area contributed by atoms with E-state index in [2.05, 4.69) is 15.9 Å². The molecule has 0 radical (unpaired) electrons. The molecule has 0 N–H and O–H groups in total. The largest absolute Gasteiger partial charge is 0.365 e. The van der Waals surface area contributed by atoms with Crippen LogP contribution < -0.4 is 4.90 Å². The number of aldehydes is 1. The standard InChI is InChI=1S/C18H23BrFNO2/c1-12-9-17(16(20)10-15(12)19)21(2)11-18(23)14-6-4-3-5-13(14)7-8-22/h8-10,13-14H,3-7,11H2,1-2H3. The Bertz CT molecular complexity index is 591. The van der Waals surface area contributed by atoms with Gasteiger partial charge in [-0.3, -0.25) is 4.79 Å². The first kappa shape index (κ1) is 18.1. The van der Waals surface area contributed by atoms with Crippen LogP contribution in [0.2, 0.25) is 0 Å². The van der Waals surface area contributed by atoms with Gasteiger partial charge >= 0.3 is 0 Å². The summed E-state index contributed by atoms with van der Waals surface area (Å²) in [6.45, 7) is 2.07. The molecule has 1 aliphatic rings. The average Bonchev–Trinajstić information content (AvgIpc) is 2.51. The minimum atomic E-state index is -0.342. The van der Waals surface area contributed by atoms with E-state index in [1.54, 1.807) is 18.0 Å². The van der Waals surface area contributed by atoms with Gasteiger partial charge in [-0.05, 0) is 43.4 Å². The minimum Gasteiger partial charge on any atom is -0.365 e. The lowest BCUT2D eigenvalue weighted by Gasteiger charge is -2.31. The van der Waals surface area contributed by atoms with Crippen molar-refractivity contribution in [3.63, 3.8) is 0 Å². The number of ketones is 1. The molecule has 0 spiro atoms. The Labute approximate surface area is 145 Å². The summed E-state index contributed by atoms with van der Waals surface area (Å²) in [5, 5.41) is 0. The zero-order valence-electron chi connectivity index (χ0n) is 13.6. The highest BCUT2D eigenvalue weighted by Gasteiger charge is 2.31. The summed E-state index contributed by atoms with van der Waals surface area (Å²) in [5.41, 5.74) is 1.36. The van der Waals surface area contributed by atoms with E-state index in [-0.39, 0.29) is 30.0 Å². The van der Waals surface area contributed by atoms with Crippen LogP contribution in [0.1, 0.15) is 37.7 Å². The summed E-state index contributed by atoms with van der Waals surface area (Å²) >= 11 is 3.31. The van der Waals surface area contributed by atoms with Crippen molar-refractivity contribution in [1.29, 1.82) is 0 Å². The lowest BCUT2D eigenvalue weighted by atomic mass is 9.75. The molecule has 5 heteroatoms. The Balaban J connectivity index is 2.09. The molecule has 0 aliphatic heterocycles. The first-order valence-corrected chi connectivity index (χ1v) is 8.86. The maximum Gasteiger partial charge on any atom is 0.155 e. The number of hydrogen-bond donors (Lipinski definition) is 0. The van der Waals surface area contributed by atoms with Crippen LogP contribution in [0.5, 0.6) is 0 Å². The van der Waals surface area contributed by atoms with Crippen LogP contribution in [0.4, 0.5) is 10.1 Å². The van der Waals surface area contributed by atoms with Gasteiger partial charge in [-0.1, -0.05) is 28.8 Å². The zero-order valence-corrected chi connectivity index (χ0v) is 15.2. The lowest BCUT2D eigenvalue weighted by molar-refractivity contribution is -0.124. The molecule has 0 aromatic heterocycles. The molecule has 2 rings (SSSR count). The summed E-state index contributed by atoms with van der Waals surface area (Å²) in [5.74, 6) is -0.153. The van der Waals surface area contributed by atoms with E-state index < -0.39 is 0 Å². The van der Waals surface area contributed by atoms with Gasteiger partial charge in [-0.25, -0.2) is 4.39 Å². The van der Waals surface area contributed by atoms with Crippen molar-refractivity contribution in [2.75, 3.05) is 18.5 Å². The predicted molar refractivity (Wildman–Crippen MR) is 93.2 cm³/mol. The molecule has 0 saturated heterocycles. The molecule has 0 heterocycles. The number of carbonyl (C=O) groups is 2. The van der Waals surface area contributed by atoms with Gasteiger partial charge in [0.25, 0.3) is 0 Å². The first-order valence-electron chi connectivity index (χ1n) is 8.07. The van der Waals surface area contributed by atoms with Crippen molar-refractivity contribution in [3.8, 4) is 0 Å². The summed E-state index contributed by atoms with van der Waals surface area (Å²) in [4.78, 5) is 25.1. The van der Waals surface area contributed by atoms with Crippen LogP contribution in [-0.4, -0.2) is 25.7 Å². The van der Waals surface area contributed by atoms with E-state index in [1.165, 1.54) is 6.07 Å². The van der Waals surface area contributed by atoms with Crippen LogP contribution in [0.15, 0.2) is 16.6 Å². The second kappa shape index (κ2) is 8.04. The molecule has 1 aromatic rings. The van der Waals surface area contributed by atoms with Crippen molar-refractivity contribution >= 4 is 33.7 Å². The van der Waals surface area contributed by atoms with Crippen molar-refractivity contribution in [2.24, 2.45) is 11.8 Å². The molecule has 23 heavy (non-hydrogen) atoms. The Kier molecular flexibility index (Phi) is 6.33. The fourth-order valence-electron chi connectivity index (χ4n) is 3.41. The average molecular weight is 384 g/mol. The second-order valence-electron chi connectivity index (χ2n) is 6.43. The van der Waals surface area contributed by atoms with Crippen molar-refractivity contribution in [2.45, 2.75) is 39.0 Å². The van der Waals surface area contributed by atoms with E-state index in [0.29, 0.717) is 12.1 Å². The Morgan fingerprint density at radius 3 is 2.78 bits per heavy atom. The van der Waals surface area contributed by atoms with Gasteiger partial charge in [0.05, 0.1) is 12.2 Å². The molecule has 2 atom stereocenters. The van der Waals surface area contributed by atoms with E-state index >= 15 is 0 Å². The smallest absolute Gasteiger partial charge is 0.155 e.